The Labute approximate surface area is 207 Å². The van der Waals surface area contributed by atoms with E-state index in [1.807, 2.05) is 23.1 Å². The van der Waals surface area contributed by atoms with E-state index in [1.54, 1.807) is 33.5 Å². The van der Waals surface area contributed by atoms with Crippen LogP contribution in [0, 0.1) is 0 Å². The predicted molar refractivity (Wildman–Crippen MR) is 133 cm³/mol. The summed E-state index contributed by atoms with van der Waals surface area (Å²) in [5, 5.41) is 0. The van der Waals surface area contributed by atoms with Gasteiger partial charge in [0, 0.05) is 51.1 Å². The normalized spacial score (nSPS) is 19.0. The number of piperidine rings is 1. The Kier molecular flexibility index (Phi) is 6.93. The van der Waals surface area contributed by atoms with Gasteiger partial charge in [0.05, 0.1) is 4.90 Å². The summed E-state index contributed by atoms with van der Waals surface area (Å²) < 4.78 is 28.4. The highest BCUT2D eigenvalue weighted by Gasteiger charge is 2.43. The smallest absolute Gasteiger partial charge is 0.243 e. The van der Waals surface area contributed by atoms with E-state index in [1.165, 1.54) is 11.1 Å². The van der Waals surface area contributed by atoms with Crippen molar-refractivity contribution in [1.82, 2.24) is 14.1 Å². The fourth-order valence-electron chi connectivity index (χ4n) is 5.34. The van der Waals surface area contributed by atoms with Crippen LogP contribution in [-0.4, -0.2) is 66.1 Å². The molecule has 0 N–H and O–H groups in total. The average Bonchev–Trinajstić information content (AvgIpc) is 3.72. The van der Waals surface area contributed by atoms with Crippen LogP contribution in [0.2, 0.25) is 0 Å². The van der Waals surface area contributed by atoms with Crippen molar-refractivity contribution in [3.8, 4) is 0 Å². The molecule has 0 radical (unpaired) electrons. The Morgan fingerprint density at radius 3 is 1.97 bits per heavy atom. The fourth-order valence-corrected chi connectivity index (χ4v) is 7.29. The van der Waals surface area contributed by atoms with Crippen LogP contribution in [0.25, 0.3) is 0 Å². The molecule has 0 spiro atoms. The Morgan fingerprint density at radius 2 is 1.31 bits per heavy atom. The molecule has 186 valence electrons. The third kappa shape index (κ3) is 5.28. The third-order valence-corrected chi connectivity index (χ3v) is 9.46. The Hall–Kier alpha value is -2.71. The van der Waals surface area contributed by atoms with Crippen molar-refractivity contribution in [3.05, 3.63) is 65.7 Å². The van der Waals surface area contributed by atoms with Gasteiger partial charge in [-0.3, -0.25) is 9.59 Å². The van der Waals surface area contributed by atoms with Crippen LogP contribution in [0.4, 0.5) is 0 Å². The average molecular weight is 496 g/mol. The van der Waals surface area contributed by atoms with Gasteiger partial charge in [-0.2, -0.15) is 4.31 Å². The van der Waals surface area contributed by atoms with Gasteiger partial charge in [0.2, 0.25) is 21.8 Å². The van der Waals surface area contributed by atoms with Crippen molar-refractivity contribution in [3.63, 3.8) is 0 Å². The molecule has 0 bridgehead atoms. The molecule has 2 aromatic carbocycles. The number of carbonyl (C=O) groups is 2. The third-order valence-electron chi connectivity index (χ3n) is 7.44. The summed E-state index contributed by atoms with van der Waals surface area (Å²) in [6, 6.07) is 16.8. The number of fused-ring (bicyclic) bond motifs is 1. The van der Waals surface area contributed by atoms with Crippen LogP contribution >= 0.6 is 0 Å². The lowest BCUT2D eigenvalue weighted by molar-refractivity contribution is -0.138. The van der Waals surface area contributed by atoms with Crippen LogP contribution in [0.1, 0.15) is 49.7 Å². The maximum atomic E-state index is 13.3. The molecule has 2 fully saturated rings. The van der Waals surface area contributed by atoms with Crippen LogP contribution in [0.3, 0.4) is 0 Å². The van der Waals surface area contributed by atoms with Crippen LogP contribution in [-0.2, 0) is 32.6 Å². The van der Waals surface area contributed by atoms with Crippen LogP contribution < -0.4 is 0 Å². The minimum Gasteiger partial charge on any atom is -0.343 e. The van der Waals surface area contributed by atoms with E-state index in [-0.39, 0.29) is 36.7 Å². The molecule has 0 unspecified atom stereocenters. The summed E-state index contributed by atoms with van der Waals surface area (Å²) in [5.41, 5.74) is 2.48. The molecule has 0 atom stereocenters. The number of carbonyl (C=O) groups excluding carboxylic acids is 2. The van der Waals surface area contributed by atoms with Crippen molar-refractivity contribution in [2.45, 2.75) is 68.5 Å². The molecular formula is C27H33N3O4S. The number of likely N-dealkylation sites (tertiary alicyclic amines) is 1. The van der Waals surface area contributed by atoms with Gasteiger partial charge in [0.25, 0.3) is 0 Å². The number of hydrogen-bond acceptors (Lipinski definition) is 4. The van der Waals surface area contributed by atoms with Gasteiger partial charge in [-0.1, -0.05) is 42.5 Å². The maximum absolute atomic E-state index is 13.3. The first-order chi connectivity index (χ1) is 16.9. The summed E-state index contributed by atoms with van der Waals surface area (Å²) in [5.74, 6) is 0.00898. The summed E-state index contributed by atoms with van der Waals surface area (Å²) in [4.78, 5) is 29.6. The van der Waals surface area contributed by atoms with Crippen molar-refractivity contribution >= 4 is 21.8 Å². The van der Waals surface area contributed by atoms with Gasteiger partial charge in [-0.15, -0.1) is 0 Å². The second-order valence-corrected chi connectivity index (χ2v) is 11.7. The van der Waals surface area contributed by atoms with Crippen molar-refractivity contribution in [1.29, 1.82) is 0 Å². The van der Waals surface area contributed by atoms with Crippen molar-refractivity contribution < 1.29 is 18.0 Å². The lowest BCUT2D eigenvalue weighted by Gasteiger charge is -2.38. The predicted octanol–water partition coefficient (Wildman–Crippen LogP) is 3.20. The molecule has 3 aliphatic rings. The molecule has 1 saturated heterocycles. The fraction of sp³-hybridized carbons (Fsp3) is 0.481. The SMILES string of the molecule is O=C(CCC(=O)N1CCc2ccccc2C1)N1CCC(N(C2CC2)S(=O)(=O)c2ccccc2)CC1. The van der Waals surface area contributed by atoms with E-state index in [9.17, 15) is 18.0 Å². The first-order valence-electron chi connectivity index (χ1n) is 12.6. The van der Waals surface area contributed by atoms with E-state index in [0.29, 0.717) is 43.9 Å². The minimum atomic E-state index is -3.55. The molecule has 0 aromatic heterocycles. The van der Waals surface area contributed by atoms with Gasteiger partial charge < -0.3 is 9.80 Å². The monoisotopic (exact) mass is 495 g/mol. The van der Waals surface area contributed by atoms with Gasteiger partial charge in [0.15, 0.2) is 0 Å². The molecule has 8 heteroatoms. The van der Waals surface area contributed by atoms with E-state index >= 15 is 0 Å². The molecule has 2 aliphatic heterocycles. The molecule has 5 rings (SSSR count). The Morgan fingerprint density at radius 1 is 0.743 bits per heavy atom. The van der Waals surface area contributed by atoms with E-state index in [4.69, 9.17) is 0 Å². The molecular weight excluding hydrogens is 462 g/mol. The molecule has 2 aromatic rings. The lowest BCUT2D eigenvalue weighted by atomic mass is 9.99. The van der Waals surface area contributed by atoms with Crippen molar-refractivity contribution in [2.75, 3.05) is 19.6 Å². The Balaban J connectivity index is 1.13. The largest absolute Gasteiger partial charge is 0.343 e. The Bertz CT molecular complexity index is 1170. The van der Waals surface area contributed by atoms with Crippen molar-refractivity contribution in [2.24, 2.45) is 0 Å². The number of benzene rings is 2. The summed E-state index contributed by atoms with van der Waals surface area (Å²) in [7, 11) is -3.55. The summed E-state index contributed by atoms with van der Waals surface area (Å²) >= 11 is 0. The highest BCUT2D eigenvalue weighted by molar-refractivity contribution is 7.89. The highest BCUT2D eigenvalue weighted by atomic mass is 32.2. The second-order valence-electron chi connectivity index (χ2n) is 9.83. The maximum Gasteiger partial charge on any atom is 0.243 e. The zero-order chi connectivity index (χ0) is 24.4. The standard InChI is InChI=1S/C27H33N3O4S/c31-26(12-13-27(32)29-17-14-21-6-4-5-7-22(21)20-29)28-18-15-24(16-19-28)30(23-10-11-23)35(33,34)25-8-2-1-3-9-25/h1-9,23-24H,10-20H2. The van der Waals surface area contributed by atoms with Gasteiger partial charge in [-0.25, -0.2) is 8.42 Å². The van der Waals surface area contributed by atoms with Crippen LogP contribution in [0.15, 0.2) is 59.5 Å². The van der Waals surface area contributed by atoms with Gasteiger partial charge >= 0.3 is 0 Å². The molecule has 1 aliphatic carbocycles. The van der Waals surface area contributed by atoms with Gasteiger partial charge in [0.1, 0.15) is 0 Å². The molecule has 7 nitrogen and oxygen atoms in total. The molecule has 2 heterocycles. The second kappa shape index (κ2) is 10.1. The first-order valence-corrected chi connectivity index (χ1v) is 14.1. The lowest BCUT2D eigenvalue weighted by Crippen LogP contribution is -2.49. The highest BCUT2D eigenvalue weighted by Crippen LogP contribution is 2.36. The number of rotatable bonds is 7. The summed E-state index contributed by atoms with van der Waals surface area (Å²) in [6.07, 6.45) is 4.33. The topological polar surface area (TPSA) is 78.0 Å². The summed E-state index contributed by atoms with van der Waals surface area (Å²) in [6.45, 7) is 2.37. The van der Waals surface area contributed by atoms with E-state index < -0.39 is 10.0 Å². The molecule has 1 saturated carbocycles. The molecule has 2 amide bonds. The zero-order valence-corrected chi connectivity index (χ0v) is 20.8. The zero-order valence-electron chi connectivity index (χ0n) is 20.0. The number of hydrogen-bond donors (Lipinski definition) is 0. The van der Waals surface area contributed by atoms with Crippen LogP contribution in [0.5, 0.6) is 0 Å². The number of amides is 2. The molecule has 35 heavy (non-hydrogen) atoms. The number of sulfonamides is 1. The quantitative estimate of drug-likeness (QED) is 0.591. The van der Waals surface area contributed by atoms with E-state index in [2.05, 4.69) is 12.1 Å². The minimum absolute atomic E-state index is 0.0156. The number of nitrogens with zero attached hydrogens (tertiary/aromatic N) is 3. The first kappa shape index (κ1) is 24.0. The van der Waals surface area contributed by atoms with Gasteiger partial charge in [-0.05, 0) is 55.4 Å². The van der Waals surface area contributed by atoms with E-state index in [0.717, 1.165) is 19.3 Å².